The normalized spacial score (nSPS) is 14.7. The summed E-state index contributed by atoms with van der Waals surface area (Å²) in [5, 5.41) is 0. The molecule has 0 unspecified atom stereocenters. The van der Waals surface area contributed by atoms with Crippen LogP contribution in [0, 0.1) is 0 Å². The number of Topliss-reactive ketones (excluding diaryl/α,β-unsaturated/α-hetero) is 2. The summed E-state index contributed by atoms with van der Waals surface area (Å²) in [4.78, 5) is 24.8. The molecule has 5 nitrogen and oxygen atoms in total. The van der Waals surface area contributed by atoms with E-state index in [2.05, 4.69) is 0 Å². The second-order valence-electron chi connectivity index (χ2n) is 4.40. The number of ketones is 2. The van der Waals surface area contributed by atoms with Gasteiger partial charge in [-0.3, -0.25) is 9.59 Å². The van der Waals surface area contributed by atoms with Crippen LogP contribution in [0.2, 0.25) is 0 Å². The van der Waals surface area contributed by atoms with Crippen molar-refractivity contribution in [1.82, 2.24) is 0 Å². The van der Waals surface area contributed by atoms with Gasteiger partial charge in [-0.25, -0.2) is 0 Å². The lowest BCUT2D eigenvalue weighted by Crippen LogP contribution is -2.27. The highest BCUT2D eigenvalue weighted by atomic mass is 79.9. The van der Waals surface area contributed by atoms with E-state index in [4.69, 9.17) is 14.2 Å². The van der Waals surface area contributed by atoms with Crippen LogP contribution in [-0.2, 0) is 30.2 Å². The summed E-state index contributed by atoms with van der Waals surface area (Å²) in [5.74, 6) is -1.09. The minimum Gasteiger partial charge on any atom is -0.492 e. The maximum absolute atomic E-state index is 12.5. The first-order chi connectivity index (χ1) is 10.1. The molecule has 0 saturated heterocycles. The average Bonchev–Trinajstić information content (AvgIpc) is 2.51. The quantitative estimate of drug-likeness (QED) is 0.746. The standard InChI is InChI=1S/C16H16O5.BrH/c1-19-14-11(9-10-7-5-4-6-8-10)12(17)15(20-2)16(21-3)13(14)18;/h4-8H,9H2,1-3H3;1H. The maximum atomic E-state index is 12.5. The first kappa shape index (κ1) is 18.0. The van der Waals surface area contributed by atoms with Crippen molar-refractivity contribution in [3.8, 4) is 0 Å². The van der Waals surface area contributed by atoms with Gasteiger partial charge in [0.25, 0.3) is 5.78 Å². The van der Waals surface area contributed by atoms with Crippen LogP contribution >= 0.6 is 17.0 Å². The number of hydrogen-bond acceptors (Lipinski definition) is 5. The molecule has 2 rings (SSSR count). The predicted octanol–water partition coefficient (Wildman–Crippen LogP) is 2.36. The number of methoxy groups -OCH3 is 3. The second kappa shape index (κ2) is 7.79. The lowest BCUT2D eigenvalue weighted by Gasteiger charge is -2.21. The first-order valence-corrected chi connectivity index (χ1v) is 6.36. The topological polar surface area (TPSA) is 61.8 Å². The highest BCUT2D eigenvalue weighted by Gasteiger charge is 2.37. The lowest BCUT2D eigenvalue weighted by molar-refractivity contribution is -0.123. The fraction of sp³-hybridized carbons (Fsp3) is 0.250. The van der Waals surface area contributed by atoms with Gasteiger partial charge in [-0.15, -0.1) is 17.0 Å². The summed E-state index contributed by atoms with van der Waals surface area (Å²) >= 11 is 0. The van der Waals surface area contributed by atoms with Crippen molar-refractivity contribution in [2.75, 3.05) is 21.3 Å². The molecule has 0 aromatic heterocycles. The Bertz CT molecular complexity index is 631. The second-order valence-corrected chi connectivity index (χ2v) is 4.40. The van der Waals surface area contributed by atoms with Crippen molar-refractivity contribution in [3.05, 3.63) is 58.7 Å². The van der Waals surface area contributed by atoms with Crippen LogP contribution in [0.15, 0.2) is 53.2 Å². The van der Waals surface area contributed by atoms with Crippen molar-refractivity contribution in [1.29, 1.82) is 0 Å². The van der Waals surface area contributed by atoms with Crippen LogP contribution in [0.5, 0.6) is 0 Å². The minimum absolute atomic E-state index is 0. The van der Waals surface area contributed by atoms with Gasteiger partial charge in [0, 0.05) is 6.42 Å². The van der Waals surface area contributed by atoms with Gasteiger partial charge < -0.3 is 14.2 Å². The SMILES string of the molecule is Br.COC1=C(Cc2ccccc2)C(=O)C(OC)=C(OC)C1=O. The molecule has 0 N–H and O–H groups in total. The van der Waals surface area contributed by atoms with Crippen LogP contribution in [0.1, 0.15) is 5.56 Å². The molecular formula is C16H17BrO5. The Kier molecular flexibility index (Phi) is 6.37. The average molecular weight is 369 g/mol. The number of hydrogen-bond donors (Lipinski definition) is 0. The van der Waals surface area contributed by atoms with E-state index in [-0.39, 0.29) is 39.8 Å². The van der Waals surface area contributed by atoms with Crippen LogP contribution in [0.25, 0.3) is 0 Å². The van der Waals surface area contributed by atoms with Gasteiger partial charge in [-0.05, 0) is 5.56 Å². The maximum Gasteiger partial charge on any atom is 0.266 e. The van der Waals surface area contributed by atoms with Crippen LogP contribution in [0.4, 0.5) is 0 Å². The van der Waals surface area contributed by atoms with Crippen molar-refractivity contribution in [3.63, 3.8) is 0 Å². The molecule has 0 bridgehead atoms. The zero-order chi connectivity index (χ0) is 15.4. The zero-order valence-corrected chi connectivity index (χ0v) is 14.3. The molecule has 22 heavy (non-hydrogen) atoms. The molecule has 0 amide bonds. The molecule has 1 aromatic rings. The fourth-order valence-corrected chi connectivity index (χ4v) is 2.23. The molecule has 6 heteroatoms. The summed E-state index contributed by atoms with van der Waals surface area (Å²) in [7, 11) is 4.00. The molecule has 0 fully saturated rings. The smallest absolute Gasteiger partial charge is 0.266 e. The molecule has 1 aromatic carbocycles. The van der Waals surface area contributed by atoms with E-state index in [0.717, 1.165) is 5.56 Å². The third-order valence-corrected chi connectivity index (χ3v) is 3.21. The number of carbonyl (C=O) groups excluding carboxylic acids is 2. The summed E-state index contributed by atoms with van der Waals surface area (Å²) < 4.78 is 15.1. The van der Waals surface area contributed by atoms with Crippen molar-refractivity contribution < 1.29 is 23.8 Å². The minimum atomic E-state index is -0.484. The van der Waals surface area contributed by atoms with E-state index in [1.165, 1.54) is 21.3 Å². The number of allylic oxidation sites excluding steroid dienone is 1. The van der Waals surface area contributed by atoms with Crippen molar-refractivity contribution in [2.45, 2.75) is 6.42 Å². The summed E-state index contributed by atoms with van der Waals surface area (Å²) in [6.45, 7) is 0. The van der Waals surface area contributed by atoms with Gasteiger partial charge >= 0.3 is 0 Å². The van der Waals surface area contributed by atoms with Gasteiger partial charge in [0.2, 0.25) is 17.3 Å². The summed E-state index contributed by atoms with van der Waals surface area (Å²) in [6, 6.07) is 9.36. The van der Waals surface area contributed by atoms with Gasteiger partial charge in [0.15, 0.2) is 5.76 Å². The third kappa shape index (κ3) is 3.22. The summed E-state index contributed by atoms with van der Waals surface area (Å²) in [5.41, 5.74) is 1.17. The number of halogens is 1. The van der Waals surface area contributed by atoms with E-state index in [1.807, 2.05) is 30.3 Å². The van der Waals surface area contributed by atoms with Gasteiger partial charge in [0.05, 0.1) is 26.9 Å². The third-order valence-electron chi connectivity index (χ3n) is 3.21. The molecular weight excluding hydrogens is 352 g/mol. The monoisotopic (exact) mass is 368 g/mol. The van der Waals surface area contributed by atoms with Crippen molar-refractivity contribution >= 4 is 28.5 Å². The highest BCUT2D eigenvalue weighted by molar-refractivity contribution is 8.93. The van der Waals surface area contributed by atoms with E-state index >= 15 is 0 Å². The Balaban J connectivity index is 0.00000242. The van der Waals surface area contributed by atoms with E-state index in [9.17, 15) is 9.59 Å². The molecule has 1 aliphatic carbocycles. The summed E-state index contributed by atoms with van der Waals surface area (Å²) in [6.07, 6.45) is 0.290. The fourth-order valence-electron chi connectivity index (χ4n) is 2.23. The predicted molar refractivity (Wildman–Crippen MR) is 85.6 cm³/mol. The Morgan fingerprint density at radius 3 is 1.77 bits per heavy atom. The van der Waals surface area contributed by atoms with Gasteiger partial charge in [0.1, 0.15) is 0 Å². The number of rotatable bonds is 5. The van der Waals surface area contributed by atoms with Crippen LogP contribution in [0.3, 0.4) is 0 Å². The Hall–Kier alpha value is -2.08. The molecule has 0 radical (unpaired) electrons. The molecule has 0 aliphatic heterocycles. The van der Waals surface area contributed by atoms with Crippen LogP contribution in [-0.4, -0.2) is 32.9 Å². The van der Waals surface area contributed by atoms with Gasteiger partial charge in [-0.2, -0.15) is 0 Å². The van der Waals surface area contributed by atoms with E-state index < -0.39 is 11.6 Å². The van der Waals surface area contributed by atoms with Crippen molar-refractivity contribution in [2.24, 2.45) is 0 Å². The Labute approximate surface area is 139 Å². The van der Waals surface area contributed by atoms with E-state index in [1.54, 1.807) is 0 Å². The molecule has 0 heterocycles. The largest absolute Gasteiger partial charge is 0.492 e. The molecule has 0 saturated carbocycles. The number of ether oxygens (including phenoxy) is 3. The highest BCUT2D eigenvalue weighted by Crippen LogP contribution is 2.28. The Morgan fingerprint density at radius 2 is 1.27 bits per heavy atom. The number of benzene rings is 1. The zero-order valence-electron chi connectivity index (χ0n) is 12.5. The molecule has 0 atom stereocenters. The molecule has 1 aliphatic rings. The van der Waals surface area contributed by atoms with E-state index in [0.29, 0.717) is 6.42 Å². The lowest BCUT2D eigenvalue weighted by atomic mass is 9.93. The molecule has 0 spiro atoms. The van der Waals surface area contributed by atoms with Crippen LogP contribution < -0.4 is 0 Å². The molecule has 118 valence electrons. The Morgan fingerprint density at radius 1 is 0.773 bits per heavy atom. The van der Waals surface area contributed by atoms with Gasteiger partial charge in [-0.1, -0.05) is 30.3 Å². The first-order valence-electron chi connectivity index (χ1n) is 6.36. The number of carbonyl (C=O) groups is 2.